The van der Waals surface area contributed by atoms with Gasteiger partial charge in [0.05, 0.1) is 17.7 Å². The second-order valence-electron chi connectivity index (χ2n) is 3.25. The molecule has 0 aliphatic carbocycles. The number of aromatic nitrogens is 2. The van der Waals surface area contributed by atoms with Crippen LogP contribution >= 0.6 is 0 Å². The van der Waals surface area contributed by atoms with Crippen molar-refractivity contribution in [3.63, 3.8) is 0 Å². The zero-order chi connectivity index (χ0) is 12.5. The van der Waals surface area contributed by atoms with Gasteiger partial charge >= 0.3 is 6.18 Å². The Morgan fingerprint density at radius 1 is 1.18 bits per heavy atom. The predicted molar refractivity (Wildman–Crippen MR) is 52.6 cm³/mol. The lowest BCUT2D eigenvalue weighted by atomic mass is 10.1. The maximum Gasteiger partial charge on any atom is 0.417 e. The van der Waals surface area contributed by atoms with E-state index in [4.69, 9.17) is 10.2 Å². The zero-order valence-electron chi connectivity index (χ0n) is 8.53. The minimum atomic E-state index is -4.46. The smallest absolute Gasteiger partial charge is 0.417 e. The number of benzene rings is 1. The van der Waals surface area contributed by atoms with Crippen LogP contribution in [-0.2, 0) is 12.7 Å². The molecule has 0 bridgehead atoms. The summed E-state index contributed by atoms with van der Waals surface area (Å²) < 4.78 is 43.1. The number of nitrogens with zero attached hydrogens (tertiary/aromatic N) is 2. The van der Waals surface area contributed by atoms with Gasteiger partial charge < -0.3 is 10.2 Å². The molecule has 2 aromatic rings. The Morgan fingerprint density at radius 2 is 1.88 bits per heavy atom. The lowest BCUT2D eigenvalue weighted by Crippen LogP contribution is -2.06. The summed E-state index contributed by atoms with van der Waals surface area (Å²) in [5.41, 5.74) is 4.29. The SMILES string of the molecule is NCc1nnc(-c2ccccc2C(F)(F)F)o1. The molecule has 2 N–H and O–H groups in total. The van der Waals surface area contributed by atoms with E-state index in [1.807, 2.05) is 0 Å². The van der Waals surface area contributed by atoms with Gasteiger partial charge in [0.25, 0.3) is 0 Å². The fourth-order valence-corrected chi connectivity index (χ4v) is 1.36. The molecule has 0 unspecified atom stereocenters. The van der Waals surface area contributed by atoms with Crippen molar-refractivity contribution in [1.82, 2.24) is 10.2 Å². The van der Waals surface area contributed by atoms with Gasteiger partial charge in [-0.15, -0.1) is 10.2 Å². The summed E-state index contributed by atoms with van der Waals surface area (Å²) in [7, 11) is 0. The Balaban J connectivity index is 2.52. The summed E-state index contributed by atoms with van der Waals surface area (Å²) in [5.74, 6) is -0.0876. The molecule has 1 heterocycles. The van der Waals surface area contributed by atoms with Crippen LogP contribution in [0.4, 0.5) is 13.2 Å². The molecule has 1 aromatic carbocycles. The van der Waals surface area contributed by atoms with Crippen LogP contribution in [0.1, 0.15) is 11.5 Å². The van der Waals surface area contributed by atoms with Gasteiger partial charge in [-0.2, -0.15) is 13.2 Å². The van der Waals surface area contributed by atoms with E-state index in [0.29, 0.717) is 0 Å². The van der Waals surface area contributed by atoms with Crippen LogP contribution in [0.3, 0.4) is 0 Å². The standard InChI is InChI=1S/C10H8F3N3O/c11-10(12,13)7-4-2-1-3-6(7)9-16-15-8(5-14)17-9/h1-4H,5,14H2. The molecule has 0 saturated carbocycles. The maximum absolute atomic E-state index is 12.7. The van der Waals surface area contributed by atoms with Crippen molar-refractivity contribution >= 4 is 0 Å². The first kappa shape index (κ1) is 11.6. The first-order valence-electron chi connectivity index (χ1n) is 4.71. The molecule has 1 aromatic heterocycles. The average molecular weight is 243 g/mol. The minimum absolute atomic E-state index is 0.0127. The van der Waals surface area contributed by atoms with Gasteiger partial charge in [0.1, 0.15) is 0 Å². The second kappa shape index (κ2) is 4.17. The largest absolute Gasteiger partial charge is 0.419 e. The summed E-state index contributed by atoms with van der Waals surface area (Å²) in [6, 6.07) is 5.00. The molecule has 0 aliphatic rings. The molecule has 17 heavy (non-hydrogen) atoms. The van der Waals surface area contributed by atoms with Crippen LogP contribution in [-0.4, -0.2) is 10.2 Å². The molecule has 4 nitrogen and oxygen atoms in total. The van der Waals surface area contributed by atoms with Crippen LogP contribution in [0.2, 0.25) is 0 Å². The summed E-state index contributed by atoms with van der Waals surface area (Å²) in [5, 5.41) is 7.06. The number of nitrogens with two attached hydrogens (primary N) is 1. The van der Waals surface area contributed by atoms with E-state index in [0.717, 1.165) is 6.07 Å². The van der Waals surface area contributed by atoms with E-state index in [2.05, 4.69) is 10.2 Å². The maximum atomic E-state index is 12.7. The quantitative estimate of drug-likeness (QED) is 0.878. The van der Waals surface area contributed by atoms with Crippen LogP contribution in [0.5, 0.6) is 0 Å². The van der Waals surface area contributed by atoms with Crippen LogP contribution < -0.4 is 5.73 Å². The van der Waals surface area contributed by atoms with Crippen molar-refractivity contribution in [1.29, 1.82) is 0 Å². The third-order valence-electron chi connectivity index (χ3n) is 2.10. The van der Waals surface area contributed by atoms with Crippen LogP contribution in [0.15, 0.2) is 28.7 Å². The number of alkyl halides is 3. The molecule has 0 saturated heterocycles. The van der Waals surface area contributed by atoms with Gasteiger partial charge in [-0.1, -0.05) is 12.1 Å². The van der Waals surface area contributed by atoms with Crippen molar-refractivity contribution in [2.24, 2.45) is 5.73 Å². The number of hydrogen-bond acceptors (Lipinski definition) is 4. The molecule has 0 aliphatic heterocycles. The van der Waals surface area contributed by atoms with Gasteiger partial charge in [0, 0.05) is 0 Å². The highest BCUT2D eigenvalue weighted by molar-refractivity contribution is 5.59. The van der Waals surface area contributed by atoms with Crippen molar-refractivity contribution in [3.8, 4) is 11.5 Å². The third kappa shape index (κ3) is 2.28. The molecule has 0 atom stereocenters. The average Bonchev–Trinajstić information content (AvgIpc) is 2.76. The highest BCUT2D eigenvalue weighted by Crippen LogP contribution is 2.36. The normalized spacial score (nSPS) is 11.8. The molecule has 90 valence electrons. The Hall–Kier alpha value is -1.89. The third-order valence-corrected chi connectivity index (χ3v) is 2.10. The Kier molecular flexibility index (Phi) is 2.84. The van der Waals surface area contributed by atoms with Gasteiger partial charge in [-0.05, 0) is 12.1 Å². The van der Waals surface area contributed by atoms with E-state index in [1.165, 1.54) is 18.2 Å². The van der Waals surface area contributed by atoms with E-state index in [9.17, 15) is 13.2 Å². The summed E-state index contributed by atoms with van der Waals surface area (Å²) in [6.07, 6.45) is -4.46. The first-order chi connectivity index (χ1) is 8.02. The minimum Gasteiger partial charge on any atom is -0.419 e. The van der Waals surface area contributed by atoms with Crippen molar-refractivity contribution in [2.45, 2.75) is 12.7 Å². The number of rotatable bonds is 2. The topological polar surface area (TPSA) is 64.9 Å². The van der Waals surface area contributed by atoms with Crippen molar-refractivity contribution in [2.75, 3.05) is 0 Å². The van der Waals surface area contributed by atoms with Crippen LogP contribution in [0, 0.1) is 0 Å². The zero-order valence-corrected chi connectivity index (χ0v) is 8.53. The molecular formula is C10H8F3N3O. The highest BCUT2D eigenvalue weighted by Gasteiger charge is 2.34. The molecular weight excluding hydrogens is 235 g/mol. The van der Waals surface area contributed by atoms with Crippen molar-refractivity contribution < 1.29 is 17.6 Å². The highest BCUT2D eigenvalue weighted by atomic mass is 19.4. The van der Waals surface area contributed by atoms with Crippen LogP contribution in [0.25, 0.3) is 11.5 Å². The van der Waals surface area contributed by atoms with E-state index in [1.54, 1.807) is 0 Å². The van der Waals surface area contributed by atoms with Gasteiger partial charge in [-0.3, -0.25) is 0 Å². The monoisotopic (exact) mass is 243 g/mol. The second-order valence-corrected chi connectivity index (χ2v) is 3.25. The first-order valence-corrected chi connectivity index (χ1v) is 4.71. The van der Waals surface area contributed by atoms with E-state index >= 15 is 0 Å². The van der Waals surface area contributed by atoms with E-state index in [-0.39, 0.29) is 23.9 Å². The molecule has 0 spiro atoms. The Labute approximate surface area is 94.3 Å². The van der Waals surface area contributed by atoms with Gasteiger partial charge in [-0.25, -0.2) is 0 Å². The lowest BCUT2D eigenvalue weighted by molar-refractivity contribution is -0.137. The Bertz CT molecular complexity index is 522. The number of halogens is 3. The molecule has 0 amide bonds. The number of hydrogen-bond donors (Lipinski definition) is 1. The summed E-state index contributed by atoms with van der Waals surface area (Å²) in [6.45, 7) is -0.0127. The molecule has 7 heteroatoms. The summed E-state index contributed by atoms with van der Waals surface area (Å²) >= 11 is 0. The Morgan fingerprint density at radius 3 is 2.47 bits per heavy atom. The van der Waals surface area contributed by atoms with Gasteiger partial charge in [0.2, 0.25) is 11.8 Å². The molecule has 0 fully saturated rings. The van der Waals surface area contributed by atoms with Crippen molar-refractivity contribution in [3.05, 3.63) is 35.7 Å². The fourth-order valence-electron chi connectivity index (χ4n) is 1.36. The predicted octanol–water partition coefficient (Wildman–Crippen LogP) is 2.21. The molecule has 0 radical (unpaired) electrons. The molecule has 2 rings (SSSR count). The lowest BCUT2D eigenvalue weighted by Gasteiger charge is -2.09. The van der Waals surface area contributed by atoms with E-state index < -0.39 is 11.7 Å². The fraction of sp³-hybridized carbons (Fsp3) is 0.200. The summed E-state index contributed by atoms with van der Waals surface area (Å²) in [4.78, 5) is 0. The van der Waals surface area contributed by atoms with Gasteiger partial charge in [0.15, 0.2) is 0 Å².